The number of halogens is 2. The van der Waals surface area contributed by atoms with Gasteiger partial charge in [0.15, 0.2) is 0 Å². The number of fused-ring (bicyclic) bond motifs is 2. The van der Waals surface area contributed by atoms with Crippen LogP contribution in [-0.2, 0) is 0 Å². The van der Waals surface area contributed by atoms with Gasteiger partial charge in [-0.2, -0.15) is 0 Å². The molecule has 2 heterocycles. The van der Waals surface area contributed by atoms with E-state index in [1.807, 2.05) is 0 Å². The number of hydrogen-bond acceptors (Lipinski definition) is 2. The fourth-order valence-electron chi connectivity index (χ4n) is 2.16. The molecule has 0 radical (unpaired) electrons. The molecule has 4 heteroatoms. The zero-order chi connectivity index (χ0) is 8.77. The minimum Gasteiger partial charge on any atom is -0.387 e. The van der Waals surface area contributed by atoms with Crippen molar-refractivity contribution >= 4 is 0 Å². The second-order valence-corrected chi connectivity index (χ2v) is 3.85. The molecule has 70 valence electrons. The van der Waals surface area contributed by atoms with E-state index in [0.29, 0.717) is 0 Å². The molecule has 2 rings (SSSR count). The Kier molecular flexibility index (Phi) is 1.84. The standard InChI is InChI=1S/C8H13F2NO/c9-8(10)4-6-2-1-5(11-6)3-7(8)12/h5-7,11-12H,1-4H2. The Morgan fingerprint density at radius 1 is 1.25 bits per heavy atom. The minimum absolute atomic E-state index is 0.0813. The number of hydrogen-bond donors (Lipinski definition) is 2. The summed E-state index contributed by atoms with van der Waals surface area (Å²) >= 11 is 0. The Morgan fingerprint density at radius 2 is 1.92 bits per heavy atom. The van der Waals surface area contributed by atoms with Crippen molar-refractivity contribution < 1.29 is 13.9 Å². The van der Waals surface area contributed by atoms with Crippen molar-refractivity contribution in [2.45, 2.75) is 49.8 Å². The van der Waals surface area contributed by atoms with E-state index in [1.54, 1.807) is 0 Å². The summed E-state index contributed by atoms with van der Waals surface area (Å²) in [4.78, 5) is 0. The molecule has 0 aromatic heterocycles. The van der Waals surface area contributed by atoms with Crippen LogP contribution in [0.3, 0.4) is 0 Å². The highest BCUT2D eigenvalue weighted by atomic mass is 19.3. The van der Waals surface area contributed by atoms with Crippen molar-refractivity contribution in [2.24, 2.45) is 0 Å². The third kappa shape index (κ3) is 1.33. The van der Waals surface area contributed by atoms with Crippen LogP contribution >= 0.6 is 0 Å². The van der Waals surface area contributed by atoms with Crippen molar-refractivity contribution in [3.05, 3.63) is 0 Å². The van der Waals surface area contributed by atoms with Gasteiger partial charge in [-0.15, -0.1) is 0 Å². The molecule has 0 aliphatic carbocycles. The number of rotatable bonds is 0. The van der Waals surface area contributed by atoms with Crippen LogP contribution in [-0.4, -0.2) is 29.2 Å². The normalized spacial score (nSPS) is 45.8. The van der Waals surface area contributed by atoms with Gasteiger partial charge in [0, 0.05) is 18.5 Å². The van der Waals surface area contributed by atoms with Crippen LogP contribution in [0.15, 0.2) is 0 Å². The first-order valence-electron chi connectivity index (χ1n) is 4.40. The summed E-state index contributed by atoms with van der Waals surface area (Å²) in [6.45, 7) is 0. The van der Waals surface area contributed by atoms with Crippen LogP contribution < -0.4 is 5.32 Å². The third-order valence-electron chi connectivity index (χ3n) is 2.85. The maximum atomic E-state index is 13.0. The molecule has 3 atom stereocenters. The van der Waals surface area contributed by atoms with Gasteiger partial charge in [0.2, 0.25) is 0 Å². The van der Waals surface area contributed by atoms with Gasteiger partial charge in [0.1, 0.15) is 6.10 Å². The van der Waals surface area contributed by atoms with Gasteiger partial charge >= 0.3 is 0 Å². The van der Waals surface area contributed by atoms with Crippen LogP contribution in [0.1, 0.15) is 25.7 Å². The maximum absolute atomic E-state index is 13.0. The minimum atomic E-state index is -2.88. The Balaban J connectivity index is 2.13. The number of aliphatic hydroxyl groups is 1. The summed E-state index contributed by atoms with van der Waals surface area (Å²) in [7, 11) is 0. The Hall–Kier alpha value is -0.220. The molecule has 2 aliphatic heterocycles. The van der Waals surface area contributed by atoms with Crippen molar-refractivity contribution in [1.29, 1.82) is 0 Å². The first kappa shape index (κ1) is 8.38. The Morgan fingerprint density at radius 3 is 2.67 bits per heavy atom. The van der Waals surface area contributed by atoms with Gasteiger partial charge in [-0.05, 0) is 19.3 Å². The Bertz CT molecular complexity index is 186. The molecule has 0 aromatic carbocycles. The summed E-state index contributed by atoms with van der Waals surface area (Å²) in [5.41, 5.74) is 0. The maximum Gasteiger partial charge on any atom is 0.274 e. The summed E-state index contributed by atoms with van der Waals surface area (Å²) in [6.07, 6.45) is 0.305. The summed E-state index contributed by atoms with van der Waals surface area (Å²) in [5, 5.41) is 12.2. The average Bonchev–Trinajstić information content (AvgIpc) is 2.30. The predicted molar refractivity (Wildman–Crippen MR) is 40.1 cm³/mol. The van der Waals surface area contributed by atoms with Crippen LogP contribution in [0.2, 0.25) is 0 Å². The molecule has 2 saturated heterocycles. The molecule has 2 nitrogen and oxygen atoms in total. The lowest BCUT2D eigenvalue weighted by Crippen LogP contribution is -2.36. The lowest BCUT2D eigenvalue weighted by atomic mass is 9.95. The van der Waals surface area contributed by atoms with E-state index in [4.69, 9.17) is 5.11 Å². The molecule has 0 amide bonds. The van der Waals surface area contributed by atoms with Crippen LogP contribution in [0.4, 0.5) is 8.78 Å². The lowest BCUT2D eigenvalue weighted by molar-refractivity contribution is -0.116. The van der Waals surface area contributed by atoms with E-state index < -0.39 is 12.0 Å². The molecule has 3 unspecified atom stereocenters. The van der Waals surface area contributed by atoms with E-state index >= 15 is 0 Å². The van der Waals surface area contributed by atoms with Crippen molar-refractivity contribution in [1.82, 2.24) is 5.32 Å². The van der Waals surface area contributed by atoms with E-state index in [0.717, 1.165) is 12.8 Å². The second-order valence-electron chi connectivity index (χ2n) is 3.85. The van der Waals surface area contributed by atoms with Gasteiger partial charge < -0.3 is 10.4 Å². The van der Waals surface area contributed by atoms with Crippen LogP contribution in [0.25, 0.3) is 0 Å². The monoisotopic (exact) mass is 177 g/mol. The van der Waals surface area contributed by atoms with Gasteiger partial charge in [-0.25, -0.2) is 8.78 Å². The largest absolute Gasteiger partial charge is 0.387 e. The van der Waals surface area contributed by atoms with E-state index in [9.17, 15) is 8.78 Å². The third-order valence-corrected chi connectivity index (χ3v) is 2.85. The number of nitrogens with one attached hydrogen (secondary N) is 1. The fourth-order valence-corrected chi connectivity index (χ4v) is 2.16. The topological polar surface area (TPSA) is 32.3 Å². The highest BCUT2D eigenvalue weighted by molar-refractivity contribution is 4.96. The van der Waals surface area contributed by atoms with Gasteiger partial charge in [-0.1, -0.05) is 0 Å². The second kappa shape index (κ2) is 2.64. The zero-order valence-corrected chi connectivity index (χ0v) is 6.76. The predicted octanol–water partition coefficient (Wildman–Crippen LogP) is 0.897. The molecule has 12 heavy (non-hydrogen) atoms. The molecular weight excluding hydrogens is 164 g/mol. The van der Waals surface area contributed by atoms with Crippen LogP contribution in [0.5, 0.6) is 0 Å². The highest BCUT2D eigenvalue weighted by Gasteiger charge is 2.46. The average molecular weight is 177 g/mol. The first-order chi connectivity index (χ1) is 5.58. The molecule has 2 fully saturated rings. The van der Waals surface area contributed by atoms with E-state index in [2.05, 4.69) is 5.32 Å². The number of aliphatic hydroxyl groups excluding tert-OH is 1. The zero-order valence-electron chi connectivity index (χ0n) is 6.76. The highest BCUT2D eigenvalue weighted by Crippen LogP contribution is 2.35. The van der Waals surface area contributed by atoms with Gasteiger partial charge in [0.05, 0.1) is 0 Å². The quantitative estimate of drug-likeness (QED) is 0.576. The molecule has 0 saturated carbocycles. The lowest BCUT2D eigenvalue weighted by Gasteiger charge is -2.23. The number of alkyl halides is 2. The Labute approximate surface area is 70.0 Å². The van der Waals surface area contributed by atoms with E-state index in [1.165, 1.54) is 0 Å². The fraction of sp³-hybridized carbons (Fsp3) is 1.00. The first-order valence-corrected chi connectivity index (χ1v) is 4.40. The molecule has 2 N–H and O–H groups in total. The molecule has 0 spiro atoms. The van der Waals surface area contributed by atoms with Gasteiger partial charge in [0.25, 0.3) is 5.92 Å². The summed E-state index contributed by atoms with van der Waals surface area (Å²) in [6, 6.07) is 0.0283. The van der Waals surface area contributed by atoms with Crippen molar-refractivity contribution in [3.63, 3.8) is 0 Å². The molecular formula is C8H13F2NO. The van der Waals surface area contributed by atoms with Crippen molar-refractivity contribution in [2.75, 3.05) is 0 Å². The smallest absolute Gasteiger partial charge is 0.274 e. The molecule has 0 aromatic rings. The molecule has 2 aliphatic rings. The van der Waals surface area contributed by atoms with E-state index in [-0.39, 0.29) is 24.9 Å². The van der Waals surface area contributed by atoms with Crippen molar-refractivity contribution in [3.8, 4) is 0 Å². The summed E-state index contributed by atoms with van der Waals surface area (Å²) in [5.74, 6) is -2.88. The molecule has 2 bridgehead atoms. The summed E-state index contributed by atoms with van der Waals surface area (Å²) < 4.78 is 26.1. The van der Waals surface area contributed by atoms with Crippen LogP contribution in [0, 0.1) is 0 Å². The SMILES string of the molecule is OC1CC2CCC(CC1(F)F)N2. The van der Waals surface area contributed by atoms with Gasteiger partial charge in [-0.3, -0.25) is 0 Å².